The van der Waals surface area contributed by atoms with Crippen molar-refractivity contribution in [2.24, 2.45) is 5.41 Å². The first-order valence-electron chi connectivity index (χ1n) is 9.87. The van der Waals surface area contributed by atoms with Gasteiger partial charge in [-0.15, -0.1) is 0 Å². The summed E-state index contributed by atoms with van der Waals surface area (Å²) in [6, 6.07) is 7.96. The van der Waals surface area contributed by atoms with Crippen LogP contribution in [0.2, 0.25) is 0 Å². The molecule has 2 aromatic rings. The second kappa shape index (κ2) is 9.05. The van der Waals surface area contributed by atoms with Crippen molar-refractivity contribution in [3.05, 3.63) is 35.7 Å². The van der Waals surface area contributed by atoms with Crippen molar-refractivity contribution in [3.8, 4) is 11.9 Å². The fourth-order valence-corrected chi connectivity index (χ4v) is 3.61. The monoisotopic (exact) mass is 398 g/mol. The van der Waals surface area contributed by atoms with Crippen LogP contribution in [-0.2, 0) is 6.42 Å². The Morgan fingerprint density at radius 3 is 2.90 bits per heavy atom. The number of methoxy groups -OCH3 is 1. The molecule has 1 fully saturated rings. The van der Waals surface area contributed by atoms with Crippen LogP contribution in [0.15, 0.2) is 24.4 Å². The average molecular weight is 399 g/mol. The summed E-state index contributed by atoms with van der Waals surface area (Å²) in [4.78, 5) is 13.1. The van der Waals surface area contributed by atoms with Crippen LogP contribution in [0.1, 0.15) is 45.8 Å². The van der Waals surface area contributed by atoms with Crippen LogP contribution in [0.3, 0.4) is 0 Å². The largest absolute Gasteiger partial charge is 0.481 e. The molecule has 2 atom stereocenters. The van der Waals surface area contributed by atoms with Gasteiger partial charge >= 0.3 is 0 Å². The van der Waals surface area contributed by atoms with Gasteiger partial charge in [-0.05, 0) is 30.7 Å². The zero-order valence-corrected chi connectivity index (χ0v) is 17.1. The number of hydrogen-bond acceptors (Lipinski definition) is 8. The van der Waals surface area contributed by atoms with E-state index in [1.54, 1.807) is 7.11 Å². The van der Waals surface area contributed by atoms with Crippen molar-refractivity contribution in [1.82, 2.24) is 15.0 Å². The Morgan fingerprint density at radius 2 is 2.17 bits per heavy atom. The summed E-state index contributed by atoms with van der Waals surface area (Å²) in [6.45, 7) is 4.74. The molecule has 8 nitrogen and oxygen atoms in total. The minimum absolute atomic E-state index is 0. The molecule has 2 heterocycles. The van der Waals surface area contributed by atoms with E-state index in [2.05, 4.69) is 45.5 Å². The molecule has 0 radical (unpaired) electrons. The number of nitriles is 1. The molecule has 1 aliphatic carbocycles. The van der Waals surface area contributed by atoms with Gasteiger partial charge in [0.05, 0.1) is 19.4 Å². The molecule has 0 spiro atoms. The number of hydrogen-bond donors (Lipinski definition) is 3. The summed E-state index contributed by atoms with van der Waals surface area (Å²) < 4.78 is 5.14. The van der Waals surface area contributed by atoms with E-state index in [0.717, 1.165) is 25.0 Å². The first-order valence-corrected chi connectivity index (χ1v) is 9.87. The van der Waals surface area contributed by atoms with Crippen molar-refractivity contribution in [2.75, 3.05) is 24.3 Å². The number of aromatic nitrogens is 3. The molecule has 3 N–H and O–H groups in total. The fourth-order valence-electron chi connectivity index (χ4n) is 3.61. The lowest BCUT2D eigenvalue weighted by Crippen LogP contribution is -2.41. The molecule has 0 bridgehead atoms. The SMILES string of the molecule is COc1cccc(CCNc2ncc(C#N)c(N[C@@H]3CC[C@H](O)C(C)(C)C3)n2)n1.[HH]. The number of nitrogens with zero attached hydrogens (tertiary/aromatic N) is 4. The summed E-state index contributed by atoms with van der Waals surface area (Å²) in [5, 5.41) is 26.1. The molecule has 0 amide bonds. The highest BCUT2D eigenvalue weighted by atomic mass is 16.5. The standard InChI is InChI=1S/C21H28N6O2.H2/c1-21(2)11-16(7-8-17(21)28)26-19-14(12-22)13-24-20(27-19)23-10-9-15-5-4-6-18(25-15)29-3;/h4-6,13,16-17,28H,7-11H2,1-3H3,(H2,23,24,26,27);1H/t16-,17+;/m1./s1. The van der Waals surface area contributed by atoms with E-state index in [-0.39, 0.29) is 19.0 Å². The Kier molecular flexibility index (Phi) is 6.49. The average Bonchev–Trinajstić information content (AvgIpc) is 2.71. The molecule has 29 heavy (non-hydrogen) atoms. The molecule has 2 aromatic heterocycles. The van der Waals surface area contributed by atoms with Gasteiger partial charge in [0.1, 0.15) is 17.5 Å². The van der Waals surface area contributed by atoms with E-state index < -0.39 is 0 Å². The second-order valence-corrected chi connectivity index (χ2v) is 8.04. The number of rotatable bonds is 7. The maximum absolute atomic E-state index is 10.2. The van der Waals surface area contributed by atoms with E-state index in [4.69, 9.17) is 4.74 Å². The predicted molar refractivity (Wildman–Crippen MR) is 113 cm³/mol. The maximum atomic E-state index is 10.2. The minimum atomic E-state index is -0.302. The van der Waals surface area contributed by atoms with Gasteiger partial charge in [0.15, 0.2) is 0 Å². The van der Waals surface area contributed by atoms with Crippen LogP contribution in [0.5, 0.6) is 5.88 Å². The summed E-state index contributed by atoms with van der Waals surface area (Å²) >= 11 is 0. The van der Waals surface area contributed by atoms with Gasteiger partial charge in [0, 0.05) is 32.2 Å². The van der Waals surface area contributed by atoms with Gasteiger partial charge in [-0.2, -0.15) is 10.2 Å². The Labute approximate surface area is 172 Å². The molecular formula is C21H30N6O2. The van der Waals surface area contributed by atoms with Gasteiger partial charge in [-0.3, -0.25) is 0 Å². The summed E-state index contributed by atoms with van der Waals surface area (Å²) in [6.07, 6.45) is 4.30. The summed E-state index contributed by atoms with van der Waals surface area (Å²) in [5.41, 5.74) is 1.15. The van der Waals surface area contributed by atoms with E-state index in [9.17, 15) is 10.4 Å². The Morgan fingerprint density at radius 1 is 1.34 bits per heavy atom. The normalized spacial score (nSPS) is 20.5. The number of nitrogens with one attached hydrogen (secondary N) is 2. The van der Waals surface area contributed by atoms with Crippen molar-refractivity contribution < 1.29 is 11.3 Å². The second-order valence-electron chi connectivity index (χ2n) is 8.04. The van der Waals surface area contributed by atoms with Gasteiger partial charge in [-0.1, -0.05) is 19.9 Å². The molecule has 0 aliphatic heterocycles. The van der Waals surface area contributed by atoms with Crippen LogP contribution in [0, 0.1) is 16.7 Å². The van der Waals surface area contributed by atoms with E-state index in [1.165, 1.54) is 6.20 Å². The molecule has 8 heteroatoms. The van der Waals surface area contributed by atoms with E-state index >= 15 is 0 Å². The van der Waals surface area contributed by atoms with Gasteiger partial charge in [-0.25, -0.2) is 9.97 Å². The van der Waals surface area contributed by atoms with Gasteiger partial charge in [0.2, 0.25) is 11.8 Å². The molecule has 3 rings (SSSR count). The highest BCUT2D eigenvalue weighted by Gasteiger charge is 2.35. The number of pyridine rings is 1. The van der Waals surface area contributed by atoms with Gasteiger partial charge < -0.3 is 20.5 Å². The zero-order valence-electron chi connectivity index (χ0n) is 17.1. The van der Waals surface area contributed by atoms with Crippen LogP contribution in [0.25, 0.3) is 0 Å². The smallest absolute Gasteiger partial charge is 0.224 e. The molecule has 156 valence electrons. The van der Waals surface area contributed by atoms with Crippen molar-refractivity contribution >= 4 is 11.8 Å². The third kappa shape index (κ3) is 5.33. The Bertz CT molecular complexity index is 886. The van der Waals surface area contributed by atoms with Crippen molar-refractivity contribution in [2.45, 2.75) is 51.7 Å². The Hall–Kier alpha value is -2.92. The van der Waals surface area contributed by atoms with Crippen molar-refractivity contribution in [3.63, 3.8) is 0 Å². The number of anilines is 2. The first-order chi connectivity index (χ1) is 13.9. The quantitative estimate of drug-likeness (QED) is 0.652. The third-order valence-corrected chi connectivity index (χ3v) is 5.37. The molecule has 0 saturated heterocycles. The molecule has 0 unspecified atom stereocenters. The fraction of sp³-hybridized carbons (Fsp3) is 0.524. The predicted octanol–water partition coefficient (Wildman–Crippen LogP) is 3.00. The highest BCUT2D eigenvalue weighted by molar-refractivity contribution is 5.54. The molecule has 0 aromatic carbocycles. The lowest BCUT2D eigenvalue weighted by molar-refractivity contribution is 0.00926. The molecule has 1 aliphatic rings. The van der Waals surface area contributed by atoms with Crippen LogP contribution in [-0.4, -0.2) is 45.9 Å². The highest BCUT2D eigenvalue weighted by Crippen LogP contribution is 2.36. The van der Waals surface area contributed by atoms with E-state index in [1.807, 2.05) is 18.2 Å². The topological polar surface area (TPSA) is 116 Å². The van der Waals surface area contributed by atoms with Gasteiger partial charge in [0.25, 0.3) is 0 Å². The minimum Gasteiger partial charge on any atom is -0.481 e. The zero-order chi connectivity index (χ0) is 20.9. The number of ether oxygens (including phenoxy) is 1. The summed E-state index contributed by atoms with van der Waals surface area (Å²) in [5.74, 6) is 1.58. The number of aliphatic hydroxyl groups is 1. The molecule has 1 saturated carbocycles. The molecular weight excluding hydrogens is 368 g/mol. The van der Waals surface area contributed by atoms with Crippen molar-refractivity contribution in [1.29, 1.82) is 5.26 Å². The number of aliphatic hydroxyl groups excluding tert-OH is 1. The lowest BCUT2D eigenvalue weighted by Gasteiger charge is -2.40. The lowest BCUT2D eigenvalue weighted by atomic mass is 9.73. The van der Waals surface area contributed by atoms with Crippen LogP contribution >= 0.6 is 0 Å². The third-order valence-electron chi connectivity index (χ3n) is 5.37. The van der Waals surface area contributed by atoms with E-state index in [0.29, 0.717) is 36.2 Å². The van der Waals surface area contributed by atoms with Crippen LogP contribution in [0.4, 0.5) is 11.8 Å². The van der Waals surface area contributed by atoms with Crippen LogP contribution < -0.4 is 15.4 Å². The maximum Gasteiger partial charge on any atom is 0.224 e. The Balaban J connectivity index is 0.00000320. The summed E-state index contributed by atoms with van der Waals surface area (Å²) in [7, 11) is 1.59. The first kappa shape index (κ1) is 20.8.